The van der Waals surface area contributed by atoms with Crippen LogP contribution in [0.15, 0.2) is 36.9 Å². The Hall–Kier alpha value is -1.48. The first kappa shape index (κ1) is 8.13. The molecule has 13 heavy (non-hydrogen) atoms. The molecule has 0 aromatic carbocycles. The quantitative estimate of drug-likeness (QED) is 0.649. The predicted molar refractivity (Wildman–Crippen MR) is 52.5 cm³/mol. The zero-order valence-corrected chi connectivity index (χ0v) is 7.33. The molecule has 0 saturated heterocycles. The Morgan fingerprint density at radius 1 is 1.08 bits per heavy atom. The summed E-state index contributed by atoms with van der Waals surface area (Å²) >= 11 is 0. The maximum atomic E-state index is 5.73. The molecule has 0 bridgehead atoms. The Labute approximate surface area is 77.0 Å². The normalized spacial score (nSPS) is 10.9. The molecule has 2 aromatic rings. The van der Waals surface area contributed by atoms with E-state index in [-0.39, 0.29) is 0 Å². The lowest BCUT2D eigenvalue weighted by Gasteiger charge is -2.10. The molecule has 0 amide bonds. The van der Waals surface area contributed by atoms with Crippen molar-refractivity contribution in [2.24, 2.45) is 5.73 Å². The molecule has 0 atom stereocenters. The van der Waals surface area contributed by atoms with Crippen LogP contribution in [0.25, 0.3) is 0 Å². The van der Waals surface area contributed by atoms with Crippen LogP contribution >= 0.6 is 0 Å². The average Bonchev–Trinajstić information content (AvgIpc) is 2.76. The molecule has 3 heteroatoms. The first-order chi connectivity index (χ1) is 6.42. The van der Waals surface area contributed by atoms with E-state index in [9.17, 15) is 0 Å². The minimum absolute atomic E-state index is 0.303. The molecular formula is C10H13N3. The van der Waals surface area contributed by atoms with Crippen LogP contribution in [0, 0.1) is 0 Å². The van der Waals surface area contributed by atoms with Crippen molar-refractivity contribution in [3.05, 3.63) is 48.0 Å². The second-order valence-electron chi connectivity index (χ2n) is 3.08. The molecular weight excluding hydrogens is 162 g/mol. The maximum Gasteiger partial charge on any atom is 0.0242 e. The first-order valence-electron chi connectivity index (χ1n) is 4.37. The van der Waals surface area contributed by atoms with Crippen LogP contribution in [0.2, 0.25) is 0 Å². The summed E-state index contributed by atoms with van der Waals surface area (Å²) in [5, 5.41) is 0. The van der Waals surface area contributed by atoms with Gasteiger partial charge in [-0.1, -0.05) is 0 Å². The number of rotatable bonds is 3. The Morgan fingerprint density at radius 3 is 1.92 bits per heavy atom. The second-order valence-corrected chi connectivity index (χ2v) is 3.08. The van der Waals surface area contributed by atoms with E-state index in [0.29, 0.717) is 12.5 Å². The van der Waals surface area contributed by atoms with Crippen LogP contribution in [0.1, 0.15) is 17.0 Å². The van der Waals surface area contributed by atoms with Gasteiger partial charge in [-0.25, -0.2) is 0 Å². The van der Waals surface area contributed by atoms with Crippen LogP contribution in [-0.4, -0.2) is 16.5 Å². The highest BCUT2D eigenvalue weighted by molar-refractivity contribution is 5.29. The largest absolute Gasteiger partial charge is 0.367 e. The molecule has 2 rings (SSSR count). The molecule has 0 spiro atoms. The molecule has 4 N–H and O–H groups in total. The summed E-state index contributed by atoms with van der Waals surface area (Å²) in [4.78, 5) is 6.08. The summed E-state index contributed by atoms with van der Waals surface area (Å²) in [6, 6.07) is 4.12. The summed E-state index contributed by atoms with van der Waals surface area (Å²) in [5.41, 5.74) is 8.20. The van der Waals surface area contributed by atoms with Gasteiger partial charge in [-0.2, -0.15) is 0 Å². The van der Waals surface area contributed by atoms with Gasteiger partial charge in [0, 0.05) is 37.3 Å². The molecule has 0 saturated carbocycles. The summed E-state index contributed by atoms with van der Waals surface area (Å²) in [6.45, 7) is 0.635. The van der Waals surface area contributed by atoms with Crippen molar-refractivity contribution in [1.29, 1.82) is 0 Å². The highest BCUT2D eigenvalue weighted by atomic mass is 14.7. The molecule has 2 aromatic heterocycles. The number of aromatic amines is 2. The van der Waals surface area contributed by atoms with Gasteiger partial charge < -0.3 is 15.7 Å². The summed E-state index contributed by atoms with van der Waals surface area (Å²) in [6.07, 6.45) is 7.82. The molecule has 68 valence electrons. The number of hydrogen-bond acceptors (Lipinski definition) is 1. The van der Waals surface area contributed by atoms with Gasteiger partial charge >= 0.3 is 0 Å². The number of hydrogen-bond donors (Lipinski definition) is 3. The first-order valence-corrected chi connectivity index (χ1v) is 4.37. The molecule has 0 aliphatic heterocycles. The van der Waals surface area contributed by atoms with Crippen molar-refractivity contribution in [2.75, 3.05) is 6.54 Å². The van der Waals surface area contributed by atoms with Gasteiger partial charge in [0.15, 0.2) is 0 Å². The molecule has 0 radical (unpaired) electrons. The Morgan fingerprint density at radius 2 is 1.62 bits per heavy atom. The zero-order valence-electron chi connectivity index (χ0n) is 7.33. The lowest BCUT2D eigenvalue weighted by Crippen LogP contribution is -2.12. The van der Waals surface area contributed by atoms with E-state index in [4.69, 9.17) is 5.73 Å². The van der Waals surface area contributed by atoms with Crippen LogP contribution in [0.3, 0.4) is 0 Å². The van der Waals surface area contributed by atoms with Crippen molar-refractivity contribution in [1.82, 2.24) is 9.97 Å². The van der Waals surface area contributed by atoms with Gasteiger partial charge in [-0.3, -0.25) is 0 Å². The third-order valence-electron chi connectivity index (χ3n) is 2.28. The van der Waals surface area contributed by atoms with Gasteiger partial charge in [0.25, 0.3) is 0 Å². The SMILES string of the molecule is NCC(c1cc[nH]c1)c1cc[nH]c1. The summed E-state index contributed by atoms with van der Waals surface area (Å²) in [7, 11) is 0. The van der Waals surface area contributed by atoms with Gasteiger partial charge in [-0.15, -0.1) is 0 Å². The molecule has 0 unspecified atom stereocenters. The smallest absolute Gasteiger partial charge is 0.0242 e. The van der Waals surface area contributed by atoms with Gasteiger partial charge in [-0.05, 0) is 23.3 Å². The molecule has 2 heterocycles. The minimum atomic E-state index is 0.303. The van der Waals surface area contributed by atoms with Crippen molar-refractivity contribution in [2.45, 2.75) is 5.92 Å². The van der Waals surface area contributed by atoms with Crippen LogP contribution in [-0.2, 0) is 0 Å². The van der Waals surface area contributed by atoms with E-state index in [0.717, 1.165) is 0 Å². The molecule has 0 fully saturated rings. The van der Waals surface area contributed by atoms with Gasteiger partial charge in [0.2, 0.25) is 0 Å². The number of nitrogens with two attached hydrogens (primary N) is 1. The minimum Gasteiger partial charge on any atom is -0.367 e. The molecule has 0 aliphatic rings. The van der Waals surface area contributed by atoms with Crippen molar-refractivity contribution >= 4 is 0 Å². The Balaban J connectivity index is 2.29. The van der Waals surface area contributed by atoms with Crippen LogP contribution in [0.4, 0.5) is 0 Å². The Bertz CT molecular complexity index is 300. The topological polar surface area (TPSA) is 57.6 Å². The highest BCUT2D eigenvalue weighted by Gasteiger charge is 2.12. The zero-order chi connectivity index (χ0) is 9.10. The standard InChI is InChI=1S/C10H13N3/c11-5-10(8-1-3-12-6-8)9-2-4-13-7-9/h1-4,6-7,10,12-13H,5,11H2. The fraction of sp³-hybridized carbons (Fsp3) is 0.200. The van der Waals surface area contributed by atoms with Crippen LogP contribution < -0.4 is 5.73 Å². The number of aromatic nitrogens is 2. The van der Waals surface area contributed by atoms with E-state index in [1.54, 1.807) is 0 Å². The third kappa shape index (κ3) is 1.51. The summed E-state index contributed by atoms with van der Waals surface area (Å²) in [5.74, 6) is 0.303. The van der Waals surface area contributed by atoms with Gasteiger partial charge in [0.05, 0.1) is 0 Å². The van der Waals surface area contributed by atoms with Crippen LogP contribution in [0.5, 0.6) is 0 Å². The van der Waals surface area contributed by atoms with Crippen molar-refractivity contribution in [3.63, 3.8) is 0 Å². The van der Waals surface area contributed by atoms with Gasteiger partial charge in [0.1, 0.15) is 0 Å². The predicted octanol–water partition coefficient (Wildman–Crippen LogP) is 1.43. The number of H-pyrrole nitrogens is 2. The van der Waals surface area contributed by atoms with Crippen molar-refractivity contribution in [3.8, 4) is 0 Å². The maximum absolute atomic E-state index is 5.73. The fourth-order valence-corrected chi connectivity index (χ4v) is 1.57. The second kappa shape index (κ2) is 3.49. The van der Waals surface area contributed by atoms with E-state index in [2.05, 4.69) is 22.1 Å². The molecule has 3 nitrogen and oxygen atoms in total. The third-order valence-corrected chi connectivity index (χ3v) is 2.28. The van der Waals surface area contributed by atoms with E-state index < -0.39 is 0 Å². The van der Waals surface area contributed by atoms with Crippen molar-refractivity contribution < 1.29 is 0 Å². The summed E-state index contributed by atoms with van der Waals surface area (Å²) < 4.78 is 0. The average molecular weight is 175 g/mol. The van der Waals surface area contributed by atoms with E-state index >= 15 is 0 Å². The lowest BCUT2D eigenvalue weighted by molar-refractivity contribution is 0.822. The Kier molecular flexibility index (Phi) is 2.19. The van der Waals surface area contributed by atoms with E-state index in [1.807, 2.05) is 24.8 Å². The van der Waals surface area contributed by atoms with E-state index in [1.165, 1.54) is 11.1 Å². The lowest BCUT2D eigenvalue weighted by atomic mass is 9.96. The number of nitrogens with one attached hydrogen (secondary N) is 2. The molecule has 0 aliphatic carbocycles. The highest BCUT2D eigenvalue weighted by Crippen LogP contribution is 2.22. The fourth-order valence-electron chi connectivity index (χ4n) is 1.57. The monoisotopic (exact) mass is 175 g/mol.